The number of amides is 2. The third kappa shape index (κ3) is 5.14. The van der Waals surface area contributed by atoms with Crippen molar-refractivity contribution in [2.24, 2.45) is 4.99 Å². The van der Waals surface area contributed by atoms with Gasteiger partial charge in [-0.2, -0.15) is 0 Å². The van der Waals surface area contributed by atoms with Gasteiger partial charge in [0, 0.05) is 25.4 Å². The monoisotopic (exact) mass is 493 g/mol. The average Bonchev–Trinajstić information content (AvgIpc) is 2.98. The second-order valence-corrected chi connectivity index (χ2v) is 8.30. The number of rotatable bonds is 7. The number of likely N-dealkylation sites (N-methyl/N-ethyl adjacent to an activating group) is 1. The average molecular weight is 494 g/mol. The van der Waals surface area contributed by atoms with Crippen molar-refractivity contribution < 1.29 is 23.5 Å². The Balaban J connectivity index is 1.53. The number of hydrogen-bond donors (Lipinski definition) is 3. The van der Waals surface area contributed by atoms with Gasteiger partial charge in [0.15, 0.2) is 0 Å². The van der Waals surface area contributed by atoms with E-state index in [4.69, 9.17) is 0 Å². The summed E-state index contributed by atoms with van der Waals surface area (Å²) in [6.07, 6.45) is -1.15. The third-order valence-corrected chi connectivity index (χ3v) is 5.87. The first-order valence-electron chi connectivity index (χ1n) is 11.3. The number of para-hydroxylation sites is 1. The van der Waals surface area contributed by atoms with Crippen LogP contribution in [0.15, 0.2) is 71.9 Å². The molecule has 0 fully saturated rings. The van der Waals surface area contributed by atoms with Gasteiger partial charge < -0.3 is 20.6 Å². The number of benzene rings is 2. The van der Waals surface area contributed by atoms with Crippen molar-refractivity contribution in [1.82, 2.24) is 15.6 Å². The van der Waals surface area contributed by atoms with E-state index in [1.807, 2.05) is 12.1 Å². The fourth-order valence-electron chi connectivity index (χ4n) is 3.90. The number of hydrogen-bond acceptors (Lipinski definition) is 6. The Bertz CT molecular complexity index is 1280. The summed E-state index contributed by atoms with van der Waals surface area (Å²) >= 11 is 0. The molecule has 10 heteroatoms. The van der Waals surface area contributed by atoms with Gasteiger partial charge in [0.05, 0.1) is 34.8 Å². The van der Waals surface area contributed by atoms with E-state index in [9.17, 15) is 23.5 Å². The summed E-state index contributed by atoms with van der Waals surface area (Å²) in [6.45, 7) is 1.21. The predicted octanol–water partition coefficient (Wildman–Crippen LogP) is 2.33. The van der Waals surface area contributed by atoms with Crippen LogP contribution < -0.4 is 15.5 Å². The lowest BCUT2D eigenvalue weighted by atomic mass is 10.0. The molecule has 186 valence electrons. The number of aromatic nitrogens is 1. The first-order valence-corrected chi connectivity index (χ1v) is 11.3. The lowest BCUT2D eigenvalue weighted by Crippen LogP contribution is -2.51. The summed E-state index contributed by atoms with van der Waals surface area (Å²) in [4.78, 5) is 36.5. The van der Waals surface area contributed by atoms with Gasteiger partial charge in [-0.15, -0.1) is 0 Å². The van der Waals surface area contributed by atoms with Crippen LogP contribution in [0.3, 0.4) is 0 Å². The number of benzodiazepines with no additional fused rings is 1. The van der Waals surface area contributed by atoms with E-state index in [2.05, 4.69) is 20.6 Å². The molecule has 1 aliphatic heterocycles. The van der Waals surface area contributed by atoms with E-state index in [1.165, 1.54) is 17.9 Å². The number of carbonyl (C=O) groups is 2. The van der Waals surface area contributed by atoms with Crippen molar-refractivity contribution >= 4 is 23.2 Å². The molecule has 0 saturated heterocycles. The maximum Gasteiger partial charge on any atom is 0.272 e. The molecule has 3 aromatic rings. The highest BCUT2D eigenvalue weighted by Crippen LogP contribution is 2.26. The van der Waals surface area contributed by atoms with Gasteiger partial charge in [0.1, 0.15) is 11.6 Å². The Kier molecular flexibility index (Phi) is 7.47. The Morgan fingerprint density at radius 2 is 1.78 bits per heavy atom. The van der Waals surface area contributed by atoms with Crippen LogP contribution >= 0.6 is 0 Å². The van der Waals surface area contributed by atoms with Gasteiger partial charge in [-0.05, 0) is 37.3 Å². The highest BCUT2D eigenvalue weighted by Gasteiger charge is 2.32. The summed E-state index contributed by atoms with van der Waals surface area (Å²) in [5, 5.41) is 15.6. The number of halogens is 2. The fourth-order valence-corrected chi connectivity index (χ4v) is 3.90. The van der Waals surface area contributed by atoms with Crippen LogP contribution in [0.1, 0.15) is 29.8 Å². The van der Waals surface area contributed by atoms with Crippen LogP contribution in [0.25, 0.3) is 0 Å². The van der Waals surface area contributed by atoms with E-state index in [0.29, 0.717) is 22.7 Å². The summed E-state index contributed by atoms with van der Waals surface area (Å²) in [7, 11) is 1.60. The van der Waals surface area contributed by atoms with Gasteiger partial charge in [0.2, 0.25) is 12.1 Å². The molecule has 0 spiro atoms. The van der Waals surface area contributed by atoms with Crippen molar-refractivity contribution in [1.29, 1.82) is 0 Å². The van der Waals surface area contributed by atoms with Gasteiger partial charge >= 0.3 is 0 Å². The Hall–Kier alpha value is -4.02. The number of pyridine rings is 1. The number of nitrogens with one attached hydrogen (secondary N) is 2. The maximum absolute atomic E-state index is 13.9. The Morgan fingerprint density at radius 1 is 1.08 bits per heavy atom. The molecule has 8 nitrogen and oxygen atoms in total. The fraction of sp³-hybridized carbons (Fsp3) is 0.231. The zero-order valence-electron chi connectivity index (χ0n) is 19.7. The second-order valence-electron chi connectivity index (χ2n) is 8.30. The zero-order chi connectivity index (χ0) is 25.8. The molecule has 2 aromatic carbocycles. The molecule has 2 amide bonds. The quantitative estimate of drug-likeness (QED) is 0.469. The molecule has 0 saturated carbocycles. The zero-order valence-corrected chi connectivity index (χ0v) is 19.7. The van der Waals surface area contributed by atoms with E-state index < -0.39 is 47.3 Å². The van der Waals surface area contributed by atoms with E-state index in [0.717, 1.165) is 12.1 Å². The number of fused-ring (bicyclic) bond motifs is 1. The van der Waals surface area contributed by atoms with Crippen LogP contribution in [0.4, 0.5) is 14.5 Å². The molecule has 0 bridgehead atoms. The van der Waals surface area contributed by atoms with Crippen molar-refractivity contribution in [3.05, 3.63) is 95.3 Å². The van der Waals surface area contributed by atoms with Crippen LogP contribution in [-0.4, -0.2) is 53.4 Å². The number of aliphatic hydroxyl groups is 1. The standard InChI is InChI=1S/C26H25F2N5O3/c1-15(30-14-21(34)22-17(27)9-7-10-18(22)28)25(35)32-24-26(36)33(2)20-12-4-3-8-16(20)23(31-24)19-11-5-6-13-29-19/h3-13,15,21,24,30,34H,14H2,1-2H3,(H,32,35)/t15-,21+,24?/m0/s1. The molecular formula is C26H25F2N5O3. The summed E-state index contributed by atoms with van der Waals surface area (Å²) in [5.74, 6) is -2.81. The minimum absolute atomic E-state index is 0.293. The third-order valence-electron chi connectivity index (χ3n) is 5.87. The number of carbonyl (C=O) groups excluding carboxylic acids is 2. The molecule has 1 unspecified atom stereocenters. The molecule has 4 rings (SSSR count). The highest BCUT2D eigenvalue weighted by atomic mass is 19.1. The van der Waals surface area contributed by atoms with Gasteiger partial charge in [-0.3, -0.25) is 14.6 Å². The maximum atomic E-state index is 13.9. The SMILES string of the molecule is C[C@H](NC[C@@H](O)c1c(F)cccc1F)C(=O)NC1N=C(c2ccccn2)c2ccccc2N(C)C1=O. The van der Waals surface area contributed by atoms with Gasteiger partial charge in [0.25, 0.3) is 5.91 Å². The minimum atomic E-state index is -1.52. The molecule has 2 heterocycles. The lowest BCUT2D eigenvalue weighted by Gasteiger charge is -2.23. The summed E-state index contributed by atoms with van der Waals surface area (Å²) < 4.78 is 27.9. The topological polar surface area (TPSA) is 107 Å². The Labute approximate surface area is 206 Å². The number of anilines is 1. The molecule has 0 aliphatic carbocycles. The van der Waals surface area contributed by atoms with Crippen LogP contribution in [-0.2, 0) is 9.59 Å². The van der Waals surface area contributed by atoms with E-state index in [1.54, 1.807) is 43.6 Å². The Morgan fingerprint density at radius 3 is 2.47 bits per heavy atom. The molecule has 36 heavy (non-hydrogen) atoms. The first kappa shape index (κ1) is 25.1. The minimum Gasteiger partial charge on any atom is -0.387 e. The van der Waals surface area contributed by atoms with Crippen LogP contribution in [0, 0.1) is 11.6 Å². The smallest absolute Gasteiger partial charge is 0.272 e. The number of aliphatic hydroxyl groups excluding tert-OH is 1. The molecule has 3 N–H and O–H groups in total. The molecule has 1 aromatic heterocycles. The number of nitrogens with zero attached hydrogens (tertiary/aromatic N) is 3. The largest absolute Gasteiger partial charge is 0.387 e. The van der Waals surface area contributed by atoms with Crippen molar-refractivity contribution in [2.75, 3.05) is 18.5 Å². The van der Waals surface area contributed by atoms with Gasteiger partial charge in [-0.25, -0.2) is 13.8 Å². The molecule has 0 radical (unpaired) electrons. The van der Waals surface area contributed by atoms with Gasteiger partial charge in [-0.1, -0.05) is 30.3 Å². The molecular weight excluding hydrogens is 468 g/mol. The van der Waals surface area contributed by atoms with E-state index >= 15 is 0 Å². The predicted molar refractivity (Wildman–Crippen MR) is 130 cm³/mol. The van der Waals surface area contributed by atoms with E-state index in [-0.39, 0.29) is 6.54 Å². The second kappa shape index (κ2) is 10.7. The first-order chi connectivity index (χ1) is 17.3. The van der Waals surface area contributed by atoms with Crippen LogP contribution in [0.2, 0.25) is 0 Å². The normalized spacial score (nSPS) is 17.0. The highest BCUT2D eigenvalue weighted by molar-refractivity contribution is 6.19. The molecule has 1 aliphatic rings. The summed E-state index contributed by atoms with van der Waals surface area (Å²) in [6, 6.07) is 14.9. The summed E-state index contributed by atoms with van der Waals surface area (Å²) in [5.41, 5.74) is 1.80. The van der Waals surface area contributed by atoms with Crippen LogP contribution in [0.5, 0.6) is 0 Å². The number of aliphatic imine (C=N–C) groups is 1. The van der Waals surface area contributed by atoms with Crippen molar-refractivity contribution in [2.45, 2.75) is 25.2 Å². The molecule has 3 atom stereocenters. The van der Waals surface area contributed by atoms with Crippen molar-refractivity contribution in [3.8, 4) is 0 Å². The lowest BCUT2D eigenvalue weighted by molar-refractivity contribution is -0.128. The van der Waals surface area contributed by atoms with Crippen molar-refractivity contribution in [3.63, 3.8) is 0 Å².